The van der Waals surface area contributed by atoms with Gasteiger partial charge in [-0.05, 0) is 37.5 Å². The molecule has 0 radical (unpaired) electrons. The van der Waals surface area contributed by atoms with Crippen molar-refractivity contribution >= 4 is 35.8 Å². The van der Waals surface area contributed by atoms with Crippen LogP contribution >= 0.6 is 24.0 Å². The van der Waals surface area contributed by atoms with Crippen LogP contribution in [0, 0.1) is 0 Å². The number of aliphatic imine (C=N–C) groups is 1. The Labute approximate surface area is 198 Å². The van der Waals surface area contributed by atoms with Gasteiger partial charge in [0.05, 0.1) is 25.3 Å². The first-order valence-corrected chi connectivity index (χ1v) is 10.5. The SMILES string of the molecule is CCNC(=NCCC(=O)N1CCCC1)N1CCOC(c2cccc(C(F)(F)F)c2)C1.I. The lowest BCUT2D eigenvalue weighted by molar-refractivity contribution is -0.137. The number of halogens is 4. The van der Waals surface area contributed by atoms with Crippen molar-refractivity contribution in [3.8, 4) is 0 Å². The zero-order chi connectivity index (χ0) is 21.6. The molecule has 1 amide bonds. The highest BCUT2D eigenvalue weighted by Gasteiger charge is 2.32. The Hall–Kier alpha value is -1.56. The normalized spacial score (nSPS) is 19.9. The highest BCUT2D eigenvalue weighted by Crippen LogP contribution is 2.32. The minimum absolute atomic E-state index is 0. The predicted octanol–water partition coefficient (Wildman–Crippen LogP) is 3.67. The van der Waals surface area contributed by atoms with Crippen molar-refractivity contribution in [2.45, 2.75) is 38.5 Å². The van der Waals surface area contributed by atoms with Crippen molar-refractivity contribution in [1.29, 1.82) is 0 Å². The summed E-state index contributed by atoms with van der Waals surface area (Å²) >= 11 is 0. The van der Waals surface area contributed by atoms with E-state index < -0.39 is 17.8 Å². The van der Waals surface area contributed by atoms with Gasteiger partial charge in [0.15, 0.2) is 5.96 Å². The highest BCUT2D eigenvalue weighted by molar-refractivity contribution is 14.0. The van der Waals surface area contributed by atoms with Crippen LogP contribution in [0.3, 0.4) is 0 Å². The Kier molecular flexibility index (Phi) is 9.86. The predicted molar refractivity (Wildman–Crippen MR) is 124 cm³/mol. The van der Waals surface area contributed by atoms with E-state index in [1.807, 2.05) is 16.7 Å². The fourth-order valence-electron chi connectivity index (χ4n) is 3.77. The van der Waals surface area contributed by atoms with Crippen LogP contribution in [-0.2, 0) is 15.7 Å². The number of likely N-dealkylation sites (tertiary alicyclic amines) is 1. The van der Waals surface area contributed by atoms with Gasteiger partial charge in [-0.3, -0.25) is 9.79 Å². The molecule has 2 aliphatic heterocycles. The zero-order valence-electron chi connectivity index (χ0n) is 17.7. The molecule has 0 spiro atoms. The second-order valence-electron chi connectivity index (χ2n) is 7.50. The molecule has 6 nitrogen and oxygen atoms in total. The Morgan fingerprint density at radius 3 is 2.65 bits per heavy atom. The molecular formula is C21H30F3IN4O2. The molecule has 174 valence electrons. The smallest absolute Gasteiger partial charge is 0.370 e. The first-order valence-electron chi connectivity index (χ1n) is 10.5. The number of benzene rings is 1. The summed E-state index contributed by atoms with van der Waals surface area (Å²) in [6, 6.07) is 5.27. The van der Waals surface area contributed by atoms with Crippen molar-refractivity contribution in [2.75, 3.05) is 45.9 Å². The van der Waals surface area contributed by atoms with E-state index in [0.29, 0.717) is 50.7 Å². The van der Waals surface area contributed by atoms with Crippen LogP contribution in [0.15, 0.2) is 29.3 Å². The number of morpholine rings is 1. The van der Waals surface area contributed by atoms with Gasteiger partial charge in [-0.15, -0.1) is 24.0 Å². The molecule has 1 aromatic carbocycles. The van der Waals surface area contributed by atoms with Crippen LogP contribution in [0.25, 0.3) is 0 Å². The molecule has 0 bridgehead atoms. The standard InChI is InChI=1S/C21H29F3N4O2.HI/c1-2-25-20(26-9-8-19(29)27-10-3-4-11-27)28-12-13-30-18(15-28)16-6-5-7-17(14-16)21(22,23)24;/h5-7,14,18H,2-4,8-13,15H2,1H3,(H,25,26);1H. The molecule has 2 heterocycles. The number of guanidine groups is 1. The minimum atomic E-state index is -4.39. The molecule has 0 aromatic heterocycles. The minimum Gasteiger partial charge on any atom is -0.370 e. The Bertz CT molecular complexity index is 754. The van der Waals surface area contributed by atoms with E-state index in [1.54, 1.807) is 6.07 Å². The first-order chi connectivity index (χ1) is 14.4. The zero-order valence-corrected chi connectivity index (χ0v) is 20.0. The third-order valence-electron chi connectivity index (χ3n) is 5.33. The van der Waals surface area contributed by atoms with Crippen LogP contribution < -0.4 is 5.32 Å². The number of carbonyl (C=O) groups excluding carboxylic acids is 1. The fourth-order valence-corrected chi connectivity index (χ4v) is 3.77. The quantitative estimate of drug-likeness (QED) is 0.343. The second kappa shape index (κ2) is 11.9. The lowest BCUT2D eigenvalue weighted by Crippen LogP contribution is -2.48. The number of nitrogens with zero attached hydrogens (tertiary/aromatic N) is 3. The average molecular weight is 554 g/mol. The van der Waals surface area contributed by atoms with Crippen molar-refractivity contribution in [3.63, 3.8) is 0 Å². The van der Waals surface area contributed by atoms with Crippen molar-refractivity contribution in [3.05, 3.63) is 35.4 Å². The van der Waals surface area contributed by atoms with E-state index in [0.717, 1.165) is 38.1 Å². The van der Waals surface area contributed by atoms with Gasteiger partial charge in [0.25, 0.3) is 0 Å². The fraction of sp³-hybridized carbons (Fsp3) is 0.619. The molecule has 1 atom stereocenters. The summed E-state index contributed by atoms with van der Waals surface area (Å²) in [5.74, 6) is 0.780. The summed E-state index contributed by atoms with van der Waals surface area (Å²) in [4.78, 5) is 20.7. The van der Waals surface area contributed by atoms with Gasteiger partial charge in [-0.25, -0.2) is 0 Å². The number of hydrogen-bond donors (Lipinski definition) is 1. The van der Waals surface area contributed by atoms with E-state index in [1.165, 1.54) is 6.07 Å². The van der Waals surface area contributed by atoms with Crippen LogP contribution in [0.1, 0.15) is 43.4 Å². The molecule has 1 aromatic rings. The van der Waals surface area contributed by atoms with Gasteiger partial charge in [-0.2, -0.15) is 13.2 Å². The van der Waals surface area contributed by atoms with Crippen LogP contribution in [0.4, 0.5) is 13.2 Å². The molecular weight excluding hydrogens is 524 g/mol. The van der Waals surface area contributed by atoms with E-state index >= 15 is 0 Å². The van der Waals surface area contributed by atoms with Gasteiger partial charge in [0.2, 0.25) is 5.91 Å². The van der Waals surface area contributed by atoms with E-state index in [9.17, 15) is 18.0 Å². The third-order valence-corrected chi connectivity index (χ3v) is 5.33. The summed E-state index contributed by atoms with van der Waals surface area (Å²) in [5, 5.41) is 3.22. The summed E-state index contributed by atoms with van der Waals surface area (Å²) in [6.07, 6.45) is -2.39. The average Bonchev–Trinajstić information content (AvgIpc) is 3.28. The lowest BCUT2D eigenvalue weighted by atomic mass is 10.0. The van der Waals surface area contributed by atoms with Gasteiger partial charge < -0.3 is 19.9 Å². The summed E-state index contributed by atoms with van der Waals surface area (Å²) in [6.45, 7) is 6.01. The monoisotopic (exact) mass is 554 g/mol. The van der Waals surface area contributed by atoms with Gasteiger partial charge in [0, 0.05) is 32.6 Å². The summed E-state index contributed by atoms with van der Waals surface area (Å²) in [5.41, 5.74) is -0.184. The number of alkyl halides is 3. The molecule has 0 saturated carbocycles. The number of amides is 1. The Morgan fingerprint density at radius 1 is 1.23 bits per heavy atom. The Balaban J connectivity index is 0.00000341. The molecule has 3 rings (SSSR count). The topological polar surface area (TPSA) is 57.2 Å². The van der Waals surface area contributed by atoms with E-state index in [4.69, 9.17) is 4.74 Å². The largest absolute Gasteiger partial charge is 0.416 e. The maximum Gasteiger partial charge on any atom is 0.416 e. The molecule has 1 N–H and O–H groups in total. The molecule has 31 heavy (non-hydrogen) atoms. The molecule has 10 heteroatoms. The maximum absolute atomic E-state index is 13.0. The number of ether oxygens (including phenoxy) is 1. The van der Waals surface area contributed by atoms with Gasteiger partial charge >= 0.3 is 6.18 Å². The number of rotatable bonds is 5. The summed E-state index contributed by atoms with van der Waals surface area (Å²) < 4.78 is 44.9. The van der Waals surface area contributed by atoms with Gasteiger partial charge in [0.1, 0.15) is 6.10 Å². The van der Waals surface area contributed by atoms with E-state index in [2.05, 4.69) is 10.3 Å². The number of hydrogen-bond acceptors (Lipinski definition) is 3. The van der Waals surface area contributed by atoms with E-state index in [-0.39, 0.29) is 29.9 Å². The van der Waals surface area contributed by atoms with Crippen molar-refractivity contribution < 1.29 is 22.7 Å². The highest BCUT2D eigenvalue weighted by atomic mass is 127. The van der Waals surface area contributed by atoms with Crippen molar-refractivity contribution in [1.82, 2.24) is 15.1 Å². The van der Waals surface area contributed by atoms with Crippen LogP contribution in [0.5, 0.6) is 0 Å². The number of nitrogens with one attached hydrogen (secondary N) is 1. The Morgan fingerprint density at radius 2 is 1.97 bits per heavy atom. The first kappa shape index (κ1) is 25.7. The molecule has 1 unspecified atom stereocenters. The maximum atomic E-state index is 13.0. The number of carbonyl (C=O) groups is 1. The van der Waals surface area contributed by atoms with Gasteiger partial charge in [-0.1, -0.05) is 12.1 Å². The van der Waals surface area contributed by atoms with Crippen molar-refractivity contribution in [2.24, 2.45) is 4.99 Å². The second-order valence-corrected chi connectivity index (χ2v) is 7.50. The molecule has 2 saturated heterocycles. The molecule has 0 aliphatic carbocycles. The summed E-state index contributed by atoms with van der Waals surface area (Å²) in [7, 11) is 0. The molecule has 2 fully saturated rings. The van der Waals surface area contributed by atoms with Crippen LogP contribution in [0.2, 0.25) is 0 Å². The molecule has 2 aliphatic rings. The third kappa shape index (κ3) is 7.23. The lowest BCUT2D eigenvalue weighted by Gasteiger charge is -2.35. The van der Waals surface area contributed by atoms with Crippen LogP contribution in [-0.4, -0.2) is 67.5 Å².